The minimum Gasteiger partial charge on any atom is -0.326 e. The summed E-state index contributed by atoms with van der Waals surface area (Å²) in [6.45, 7) is 2.35. The van der Waals surface area contributed by atoms with Crippen molar-refractivity contribution in [1.29, 1.82) is 0 Å². The van der Waals surface area contributed by atoms with E-state index in [9.17, 15) is 0 Å². The highest BCUT2D eigenvalue weighted by Crippen LogP contribution is 2.15. The maximum atomic E-state index is 5.81. The zero-order valence-corrected chi connectivity index (χ0v) is 6.52. The van der Waals surface area contributed by atoms with Gasteiger partial charge in [-0.25, -0.2) is 0 Å². The van der Waals surface area contributed by atoms with Gasteiger partial charge in [0.1, 0.15) is 0 Å². The van der Waals surface area contributed by atoms with Gasteiger partial charge in [-0.3, -0.25) is 4.98 Å². The number of hydrogen-bond donors (Lipinski definition) is 1. The third-order valence-electron chi connectivity index (χ3n) is 1.42. The summed E-state index contributed by atoms with van der Waals surface area (Å²) < 4.78 is 0. The Morgan fingerprint density at radius 1 is 1.70 bits per heavy atom. The van der Waals surface area contributed by atoms with Crippen LogP contribution in [-0.4, -0.2) is 4.98 Å². The fourth-order valence-electron chi connectivity index (χ4n) is 0.811. The van der Waals surface area contributed by atoms with E-state index >= 15 is 0 Å². The number of pyridine rings is 1. The quantitative estimate of drug-likeness (QED) is 0.670. The molecule has 0 saturated carbocycles. The molecule has 1 rings (SSSR count). The highest BCUT2D eigenvalue weighted by molar-refractivity contribution is 6.31. The molecule has 0 atom stereocenters. The lowest BCUT2D eigenvalue weighted by atomic mass is 10.2. The highest BCUT2D eigenvalue weighted by atomic mass is 35.5. The number of aromatic nitrogens is 1. The minimum atomic E-state index is 0.457. The number of nitrogens with zero attached hydrogens (tertiary/aromatic N) is 1. The van der Waals surface area contributed by atoms with E-state index in [2.05, 4.69) is 4.98 Å². The first-order valence-corrected chi connectivity index (χ1v) is 3.43. The molecule has 0 aliphatic carbocycles. The Morgan fingerprint density at radius 3 is 2.80 bits per heavy atom. The molecule has 1 heterocycles. The summed E-state index contributed by atoms with van der Waals surface area (Å²) in [6.07, 6.45) is 1.68. The van der Waals surface area contributed by atoms with Gasteiger partial charge in [-0.2, -0.15) is 0 Å². The van der Waals surface area contributed by atoms with E-state index < -0.39 is 0 Å². The van der Waals surface area contributed by atoms with Crippen molar-refractivity contribution in [2.24, 2.45) is 5.73 Å². The molecule has 0 radical (unpaired) electrons. The molecule has 0 aliphatic rings. The van der Waals surface area contributed by atoms with Gasteiger partial charge in [0.25, 0.3) is 0 Å². The van der Waals surface area contributed by atoms with Crippen LogP contribution in [0, 0.1) is 6.92 Å². The standard InChI is InChI=1S/C7H9ClN2/c1-5-6(4-9)7(8)2-3-10-5/h2-3H,4,9H2,1H3. The van der Waals surface area contributed by atoms with Gasteiger partial charge in [0.15, 0.2) is 0 Å². The van der Waals surface area contributed by atoms with E-state index in [0.717, 1.165) is 11.3 Å². The van der Waals surface area contributed by atoms with E-state index in [1.54, 1.807) is 12.3 Å². The van der Waals surface area contributed by atoms with Crippen LogP contribution in [0.25, 0.3) is 0 Å². The topological polar surface area (TPSA) is 38.9 Å². The second-order valence-corrected chi connectivity index (χ2v) is 2.47. The Bertz CT molecular complexity index is 215. The van der Waals surface area contributed by atoms with Crippen LogP contribution < -0.4 is 5.73 Å². The summed E-state index contributed by atoms with van der Waals surface area (Å²) in [5.41, 5.74) is 7.27. The van der Waals surface area contributed by atoms with Crippen LogP contribution in [0.1, 0.15) is 11.3 Å². The van der Waals surface area contributed by atoms with Crippen molar-refractivity contribution in [2.75, 3.05) is 0 Å². The molecule has 2 N–H and O–H groups in total. The first-order valence-electron chi connectivity index (χ1n) is 3.05. The van der Waals surface area contributed by atoms with Gasteiger partial charge < -0.3 is 5.73 Å². The predicted molar refractivity (Wildman–Crippen MR) is 41.9 cm³/mol. The average molecular weight is 157 g/mol. The second-order valence-electron chi connectivity index (χ2n) is 2.06. The van der Waals surface area contributed by atoms with Crippen molar-refractivity contribution in [2.45, 2.75) is 13.5 Å². The molecule has 0 amide bonds. The monoisotopic (exact) mass is 156 g/mol. The Kier molecular flexibility index (Phi) is 2.25. The SMILES string of the molecule is Cc1nccc(Cl)c1CN. The summed E-state index contributed by atoms with van der Waals surface area (Å²) in [6, 6.07) is 1.75. The fourth-order valence-corrected chi connectivity index (χ4v) is 1.08. The van der Waals surface area contributed by atoms with Crippen LogP contribution in [0.4, 0.5) is 0 Å². The molecule has 1 aromatic heterocycles. The first kappa shape index (κ1) is 7.51. The summed E-state index contributed by atoms with van der Waals surface area (Å²) in [4.78, 5) is 4.05. The molecule has 0 bridgehead atoms. The summed E-state index contributed by atoms with van der Waals surface area (Å²) >= 11 is 5.81. The van der Waals surface area contributed by atoms with Crippen LogP contribution in [0.15, 0.2) is 12.3 Å². The molecule has 54 valence electrons. The van der Waals surface area contributed by atoms with E-state index in [0.29, 0.717) is 11.6 Å². The smallest absolute Gasteiger partial charge is 0.0484 e. The van der Waals surface area contributed by atoms with E-state index in [-0.39, 0.29) is 0 Å². The van der Waals surface area contributed by atoms with Gasteiger partial charge in [0.2, 0.25) is 0 Å². The van der Waals surface area contributed by atoms with Crippen LogP contribution in [0.5, 0.6) is 0 Å². The average Bonchev–Trinajstić information content (AvgIpc) is 1.88. The fraction of sp³-hybridized carbons (Fsp3) is 0.286. The molecule has 3 heteroatoms. The molecular weight excluding hydrogens is 148 g/mol. The number of rotatable bonds is 1. The highest BCUT2D eigenvalue weighted by Gasteiger charge is 2.00. The van der Waals surface area contributed by atoms with Gasteiger partial charge >= 0.3 is 0 Å². The largest absolute Gasteiger partial charge is 0.326 e. The molecule has 10 heavy (non-hydrogen) atoms. The zero-order chi connectivity index (χ0) is 7.56. The van der Waals surface area contributed by atoms with Crippen molar-refractivity contribution in [3.05, 3.63) is 28.5 Å². The summed E-state index contributed by atoms with van der Waals surface area (Å²) in [7, 11) is 0. The Balaban J connectivity index is 3.17. The maximum absolute atomic E-state index is 5.81. The molecule has 2 nitrogen and oxygen atoms in total. The van der Waals surface area contributed by atoms with Crippen LogP contribution in [0.2, 0.25) is 5.02 Å². The molecular formula is C7H9ClN2. The van der Waals surface area contributed by atoms with Gasteiger partial charge in [0.05, 0.1) is 0 Å². The number of halogens is 1. The Hall–Kier alpha value is -0.600. The Labute approximate surface area is 65.0 Å². The zero-order valence-electron chi connectivity index (χ0n) is 5.76. The molecule has 0 saturated heterocycles. The lowest BCUT2D eigenvalue weighted by molar-refractivity contribution is 1.01. The van der Waals surface area contributed by atoms with Gasteiger partial charge in [0, 0.05) is 29.0 Å². The van der Waals surface area contributed by atoms with Gasteiger partial charge in [-0.15, -0.1) is 0 Å². The Morgan fingerprint density at radius 2 is 2.40 bits per heavy atom. The van der Waals surface area contributed by atoms with Gasteiger partial charge in [-0.1, -0.05) is 11.6 Å². The van der Waals surface area contributed by atoms with E-state index in [4.69, 9.17) is 17.3 Å². The van der Waals surface area contributed by atoms with Crippen LogP contribution in [0.3, 0.4) is 0 Å². The minimum absolute atomic E-state index is 0.457. The number of aryl methyl sites for hydroxylation is 1. The van der Waals surface area contributed by atoms with Gasteiger partial charge in [-0.05, 0) is 13.0 Å². The van der Waals surface area contributed by atoms with Crippen molar-refractivity contribution in [3.8, 4) is 0 Å². The second kappa shape index (κ2) is 2.99. The van der Waals surface area contributed by atoms with E-state index in [1.165, 1.54) is 0 Å². The summed E-state index contributed by atoms with van der Waals surface area (Å²) in [5, 5.41) is 0.704. The lowest BCUT2D eigenvalue weighted by Gasteiger charge is -2.01. The number of nitrogens with two attached hydrogens (primary N) is 1. The normalized spacial score (nSPS) is 9.90. The molecule has 0 aromatic carbocycles. The lowest BCUT2D eigenvalue weighted by Crippen LogP contribution is -2.01. The third-order valence-corrected chi connectivity index (χ3v) is 1.77. The molecule has 0 aliphatic heterocycles. The predicted octanol–water partition coefficient (Wildman–Crippen LogP) is 1.50. The first-order chi connectivity index (χ1) is 4.75. The van der Waals surface area contributed by atoms with Crippen LogP contribution in [-0.2, 0) is 6.54 Å². The van der Waals surface area contributed by atoms with Crippen molar-refractivity contribution in [3.63, 3.8) is 0 Å². The third kappa shape index (κ3) is 1.28. The molecule has 0 spiro atoms. The molecule has 0 fully saturated rings. The van der Waals surface area contributed by atoms with Crippen molar-refractivity contribution < 1.29 is 0 Å². The molecule has 0 unspecified atom stereocenters. The van der Waals surface area contributed by atoms with Crippen molar-refractivity contribution >= 4 is 11.6 Å². The van der Waals surface area contributed by atoms with Crippen molar-refractivity contribution in [1.82, 2.24) is 4.98 Å². The van der Waals surface area contributed by atoms with E-state index in [1.807, 2.05) is 6.92 Å². The summed E-state index contributed by atoms with van der Waals surface area (Å²) in [5.74, 6) is 0. The maximum Gasteiger partial charge on any atom is 0.0484 e. The molecule has 1 aromatic rings. The number of hydrogen-bond acceptors (Lipinski definition) is 2. The van der Waals surface area contributed by atoms with Crippen LogP contribution >= 0.6 is 11.6 Å².